The lowest BCUT2D eigenvalue weighted by atomic mass is 9.89. The molecule has 1 amide bonds. The Labute approximate surface area is 249 Å². The number of ether oxygens (including phenoxy) is 1. The van der Waals surface area contributed by atoms with E-state index in [0.717, 1.165) is 11.1 Å². The summed E-state index contributed by atoms with van der Waals surface area (Å²) in [5, 5.41) is 0.472. The van der Waals surface area contributed by atoms with Crippen LogP contribution in [0.4, 0.5) is 0 Å². The average molecular weight is 570 g/mol. The highest BCUT2D eigenvalue weighted by molar-refractivity contribution is 5.87. The first-order chi connectivity index (χ1) is 21.1. The molecule has 0 aliphatic rings. The number of hydrogen-bond acceptors (Lipinski definition) is 5. The minimum Gasteiger partial charge on any atom is -0.495 e. The van der Waals surface area contributed by atoms with Crippen molar-refractivity contribution in [3.8, 4) is 11.4 Å². The lowest BCUT2D eigenvalue weighted by Gasteiger charge is -2.33. The number of para-hydroxylation sites is 3. The van der Waals surface area contributed by atoms with E-state index in [-0.39, 0.29) is 18.0 Å². The van der Waals surface area contributed by atoms with E-state index in [1.165, 1.54) is 0 Å². The van der Waals surface area contributed by atoms with Crippen molar-refractivity contribution in [1.82, 2.24) is 14.5 Å². The van der Waals surface area contributed by atoms with Gasteiger partial charge in [-0.05, 0) is 54.4 Å². The first-order valence-corrected chi connectivity index (χ1v) is 14.1. The molecular weight excluding hydrogens is 538 g/mol. The van der Waals surface area contributed by atoms with Gasteiger partial charge in [-0.25, -0.2) is 4.98 Å². The van der Waals surface area contributed by atoms with Crippen LogP contribution < -0.4 is 10.3 Å². The second kappa shape index (κ2) is 12.2. The highest BCUT2D eigenvalue weighted by Gasteiger charge is 2.34. The smallest absolute Gasteiger partial charge is 0.266 e. The molecule has 4 aromatic carbocycles. The molecule has 0 saturated carbocycles. The van der Waals surface area contributed by atoms with Crippen LogP contribution in [0.3, 0.4) is 0 Å². The standard InChI is InChI=1S/C36H31N3O4/c1-25(34-37-30-20-10-9-19-29(30)35(40)39(34)31-21-11-12-22-32(31)42-2)38(24-28-18-13-23-43-28)36(41)33(26-14-5-3-6-15-26)27-16-7-4-8-17-27/h3-23,25,33H,24H2,1-2H3. The number of rotatable bonds is 9. The zero-order valence-electron chi connectivity index (χ0n) is 24.0. The number of nitrogens with zero attached hydrogens (tertiary/aromatic N) is 3. The normalized spacial score (nSPS) is 11.9. The van der Waals surface area contributed by atoms with Gasteiger partial charge in [-0.15, -0.1) is 0 Å². The minimum atomic E-state index is -0.644. The van der Waals surface area contributed by atoms with Crippen LogP contribution in [0.25, 0.3) is 16.6 Å². The van der Waals surface area contributed by atoms with Crippen LogP contribution in [0.2, 0.25) is 0 Å². The molecule has 0 bridgehead atoms. The topological polar surface area (TPSA) is 77.6 Å². The molecule has 0 N–H and O–H groups in total. The van der Waals surface area contributed by atoms with Crippen molar-refractivity contribution in [1.29, 1.82) is 0 Å². The summed E-state index contributed by atoms with van der Waals surface area (Å²) in [7, 11) is 1.57. The molecule has 214 valence electrons. The summed E-state index contributed by atoms with van der Waals surface area (Å²) in [5.74, 6) is 0.813. The molecule has 7 heteroatoms. The molecule has 2 heterocycles. The Hall–Kier alpha value is -5.43. The van der Waals surface area contributed by atoms with Crippen molar-refractivity contribution in [2.75, 3.05) is 7.11 Å². The number of benzene rings is 4. The molecule has 0 fully saturated rings. The Kier molecular flexibility index (Phi) is 7.87. The van der Waals surface area contributed by atoms with Crippen LogP contribution in [-0.2, 0) is 11.3 Å². The Morgan fingerprint density at radius 2 is 1.47 bits per heavy atom. The molecule has 7 nitrogen and oxygen atoms in total. The van der Waals surface area contributed by atoms with E-state index < -0.39 is 12.0 Å². The van der Waals surface area contributed by atoms with Gasteiger partial charge < -0.3 is 14.1 Å². The Balaban J connectivity index is 1.56. The van der Waals surface area contributed by atoms with E-state index in [1.807, 2.05) is 110 Å². The van der Waals surface area contributed by atoms with Gasteiger partial charge in [0, 0.05) is 0 Å². The second-order valence-electron chi connectivity index (χ2n) is 10.3. The second-order valence-corrected chi connectivity index (χ2v) is 10.3. The van der Waals surface area contributed by atoms with Crippen LogP contribution >= 0.6 is 0 Å². The summed E-state index contributed by atoms with van der Waals surface area (Å²) < 4.78 is 13.0. The fourth-order valence-corrected chi connectivity index (χ4v) is 5.53. The predicted octanol–water partition coefficient (Wildman–Crippen LogP) is 6.91. The number of amides is 1. The monoisotopic (exact) mass is 569 g/mol. The van der Waals surface area contributed by atoms with Gasteiger partial charge >= 0.3 is 0 Å². The van der Waals surface area contributed by atoms with Gasteiger partial charge in [0.1, 0.15) is 17.3 Å². The van der Waals surface area contributed by atoms with E-state index >= 15 is 0 Å². The van der Waals surface area contributed by atoms with Crippen LogP contribution in [-0.4, -0.2) is 27.5 Å². The SMILES string of the molecule is COc1ccccc1-n1c(C(C)N(Cc2ccco2)C(=O)C(c2ccccc2)c2ccccc2)nc2ccccc2c1=O. The van der Waals surface area contributed by atoms with Gasteiger partial charge in [-0.2, -0.15) is 0 Å². The van der Waals surface area contributed by atoms with Crippen molar-refractivity contribution in [2.24, 2.45) is 0 Å². The molecule has 1 atom stereocenters. The molecule has 2 aromatic heterocycles. The van der Waals surface area contributed by atoms with Gasteiger partial charge in [-0.1, -0.05) is 84.9 Å². The summed E-state index contributed by atoms with van der Waals surface area (Å²) >= 11 is 0. The number of fused-ring (bicyclic) bond motifs is 1. The maximum absolute atomic E-state index is 14.8. The third-order valence-corrected chi connectivity index (χ3v) is 7.67. The molecule has 0 radical (unpaired) electrons. The number of furan rings is 1. The lowest BCUT2D eigenvalue weighted by Crippen LogP contribution is -2.40. The van der Waals surface area contributed by atoms with E-state index in [9.17, 15) is 9.59 Å². The number of aromatic nitrogens is 2. The highest BCUT2D eigenvalue weighted by atomic mass is 16.5. The van der Waals surface area contributed by atoms with Crippen molar-refractivity contribution in [2.45, 2.75) is 25.4 Å². The van der Waals surface area contributed by atoms with Gasteiger partial charge in [0.15, 0.2) is 0 Å². The van der Waals surface area contributed by atoms with Crippen LogP contribution in [0, 0.1) is 0 Å². The molecule has 0 aliphatic carbocycles. The van der Waals surface area contributed by atoms with Crippen molar-refractivity contribution < 1.29 is 13.9 Å². The summed E-state index contributed by atoms with van der Waals surface area (Å²) in [6, 6.07) is 37.0. The van der Waals surface area contributed by atoms with Gasteiger partial charge in [-0.3, -0.25) is 14.2 Å². The predicted molar refractivity (Wildman–Crippen MR) is 166 cm³/mol. The third-order valence-electron chi connectivity index (χ3n) is 7.67. The van der Waals surface area contributed by atoms with Crippen LogP contribution in [0.1, 0.15) is 41.6 Å². The highest BCUT2D eigenvalue weighted by Crippen LogP contribution is 2.33. The summed E-state index contributed by atoms with van der Waals surface area (Å²) in [5.41, 5.74) is 2.58. The summed E-state index contributed by atoms with van der Waals surface area (Å²) in [4.78, 5) is 35.8. The Bertz CT molecular complexity index is 1860. The van der Waals surface area contributed by atoms with Crippen molar-refractivity contribution >= 4 is 16.8 Å². The van der Waals surface area contributed by atoms with E-state index in [2.05, 4.69) is 0 Å². The Morgan fingerprint density at radius 3 is 2.12 bits per heavy atom. The quantitative estimate of drug-likeness (QED) is 0.189. The lowest BCUT2D eigenvalue weighted by molar-refractivity contribution is -0.135. The first kappa shape index (κ1) is 27.7. The zero-order chi connectivity index (χ0) is 29.8. The molecule has 1 unspecified atom stereocenters. The number of methoxy groups -OCH3 is 1. The Morgan fingerprint density at radius 1 is 0.837 bits per heavy atom. The average Bonchev–Trinajstić information content (AvgIpc) is 3.58. The maximum Gasteiger partial charge on any atom is 0.266 e. The molecule has 43 heavy (non-hydrogen) atoms. The number of carbonyl (C=O) groups is 1. The zero-order valence-corrected chi connectivity index (χ0v) is 24.0. The van der Waals surface area contributed by atoms with Crippen LogP contribution in [0.15, 0.2) is 137 Å². The van der Waals surface area contributed by atoms with Gasteiger partial charge in [0.05, 0.1) is 48.5 Å². The molecule has 6 rings (SSSR count). The molecule has 0 saturated heterocycles. The van der Waals surface area contributed by atoms with E-state index in [1.54, 1.807) is 41.0 Å². The minimum absolute atomic E-state index is 0.143. The van der Waals surface area contributed by atoms with Crippen LogP contribution in [0.5, 0.6) is 5.75 Å². The molecule has 0 spiro atoms. The summed E-state index contributed by atoms with van der Waals surface area (Å²) in [6.07, 6.45) is 1.59. The largest absolute Gasteiger partial charge is 0.495 e. The van der Waals surface area contributed by atoms with Crippen molar-refractivity contribution in [3.63, 3.8) is 0 Å². The van der Waals surface area contributed by atoms with E-state index in [0.29, 0.717) is 33.9 Å². The summed E-state index contributed by atoms with van der Waals surface area (Å²) in [6.45, 7) is 2.08. The van der Waals surface area contributed by atoms with Gasteiger partial charge in [0.2, 0.25) is 5.91 Å². The fraction of sp³-hybridized carbons (Fsp3) is 0.139. The van der Waals surface area contributed by atoms with Crippen molar-refractivity contribution in [3.05, 3.63) is 161 Å². The number of carbonyl (C=O) groups excluding carboxylic acids is 1. The fourth-order valence-electron chi connectivity index (χ4n) is 5.53. The first-order valence-electron chi connectivity index (χ1n) is 14.1. The molecule has 6 aromatic rings. The third kappa shape index (κ3) is 5.45. The maximum atomic E-state index is 14.8. The van der Waals surface area contributed by atoms with E-state index in [4.69, 9.17) is 14.1 Å². The molecular formula is C36H31N3O4. The number of hydrogen-bond donors (Lipinski definition) is 0. The molecule has 0 aliphatic heterocycles. The van der Waals surface area contributed by atoms with Gasteiger partial charge in [0.25, 0.3) is 5.56 Å².